The lowest BCUT2D eigenvalue weighted by Crippen LogP contribution is -2.45. The number of nitrogens with zero attached hydrogens (tertiary/aromatic N) is 1. The second kappa shape index (κ2) is 9.76. The Morgan fingerprint density at radius 1 is 1.23 bits per heavy atom. The van der Waals surface area contributed by atoms with E-state index in [4.69, 9.17) is 9.47 Å². The first-order chi connectivity index (χ1) is 14.5. The maximum absolute atomic E-state index is 13.1. The fourth-order valence-electron chi connectivity index (χ4n) is 4.34. The predicted molar refractivity (Wildman–Crippen MR) is 113 cm³/mol. The van der Waals surface area contributed by atoms with Crippen LogP contribution < -0.4 is 4.74 Å². The molecule has 6 nitrogen and oxygen atoms in total. The molecule has 0 radical (unpaired) electrons. The van der Waals surface area contributed by atoms with Crippen LogP contribution in [0.1, 0.15) is 47.2 Å². The van der Waals surface area contributed by atoms with Crippen molar-refractivity contribution < 1.29 is 24.2 Å². The highest BCUT2D eigenvalue weighted by atomic mass is 16.5. The van der Waals surface area contributed by atoms with Crippen LogP contribution in [0.5, 0.6) is 5.75 Å². The van der Waals surface area contributed by atoms with Crippen molar-refractivity contribution in [1.82, 2.24) is 4.90 Å². The monoisotopic (exact) mass is 411 g/mol. The molecule has 2 aromatic rings. The molecule has 0 aromatic heterocycles. The Balaban J connectivity index is 1.81. The molecule has 30 heavy (non-hydrogen) atoms. The number of carbonyl (C=O) groups excluding carboxylic acids is 2. The number of hydrogen-bond donors (Lipinski definition) is 1. The van der Waals surface area contributed by atoms with Crippen LogP contribution >= 0.6 is 0 Å². The molecule has 0 bridgehead atoms. The Kier molecular flexibility index (Phi) is 7.11. The minimum Gasteiger partial charge on any atom is -0.497 e. The first-order valence-electron chi connectivity index (χ1n) is 10.2. The van der Waals surface area contributed by atoms with Gasteiger partial charge in [0.15, 0.2) is 0 Å². The smallest absolute Gasteiger partial charge is 0.293 e. The first-order valence-corrected chi connectivity index (χ1v) is 10.2. The average molecular weight is 411 g/mol. The molecule has 1 aliphatic rings. The molecule has 160 valence electrons. The highest BCUT2D eigenvalue weighted by Gasteiger charge is 2.41. The van der Waals surface area contributed by atoms with Gasteiger partial charge in [0.1, 0.15) is 12.4 Å². The Bertz CT molecular complexity index is 883. The number of carbonyl (C=O) groups is 2. The third kappa shape index (κ3) is 4.65. The van der Waals surface area contributed by atoms with Gasteiger partial charge in [0, 0.05) is 30.6 Å². The number of ether oxygens (including phenoxy) is 2. The van der Waals surface area contributed by atoms with Crippen LogP contribution in [0.2, 0.25) is 0 Å². The maximum atomic E-state index is 13.1. The van der Waals surface area contributed by atoms with Crippen molar-refractivity contribution >= 4 is 12.4 Å². The van der Waals surface area contributed by atoms with E-state index in [9.17, 15) is 14.7 Å². The molecule has 0 spiro atoms. The summed E-state index contributed by atoms with van der Waals surface area (Å²) in [5.41, 5.74) is 0.976. The van der Waals surface area contributed by atoms with Crippen molar-refractivity contribution in [3.05, 3.63) is 65.2 Å². The van der Waals surface area contributed by atoms with Gasteiger partial charge in [-0.15, -0.1) is 0 Å². The average Bonchev–Trinajstić information content (AvgIpc) is 2.79. The summed E-state index contributed by atoms with van der Waals surface area (Å²) in [5, 5.41) is 11.6. The van der Waals surface area contributed by atoms with Crippen molar-refractivity contribution in [3.8, 4) is 5.75 Å². The third-order valence-electron chi connectivity index (χ3n) is 6.00. The normalized spacial score (nSPS) is 21.0. The van der Waals surface area contributed by atoms with E-state index >= 15 is 0 Å². The van der Waals surface area contributed by atoms with E-state index in [2.05, 4.69) is 0 Å². The van der Waals surface area contributed by atoms with Gasteiger partial charge in [-0.05, 0) is 36.6 Å². The summed E-state index contributed by atoms with van der Waals surface area (Å²) < 4.78 is 10.2. The van der Waals surface area contributed by atoms with Crippen LogP contribution in [0, 0.1) is 5.92 Å². The SMILES string of the molecule is COc1cccc([C@@]2(O)CCCC[C@@H]2CN(C)C(=O)c2ccccc2COC=O)c1. The molecule has 1 aliphatic carbocycles. The van der Waals surface area contributed by atoms with E-state index < -0.39 is 5.60 Å². The second-order valence-electron chi connectivity index (χ2n) is 7.85. The zero-order valence-corrected chi connectivity index (χ0v) is 17.5. The quantitative estimate of drug-likeness (QED) is 0.673. The molecule has 2 aromatic carbocycles. The van der Waals surface area contributed by atoms with E-state index in [1.54, 1.807) is 37.3 Å². The van der Waals surface area contributed by atoms with Crippen LogP contribution in [-0.4, -0.2) is 43.1 Å². The number of rotatable bonds is 8. The lowest BCUT2D eigenvalue weighted by molar-refractivity contribution is -0.129. The molecule has 6 heteroatoms. The number of amides is 1. The molecular formula is C24H29NO5. The third-order valence-corrected chi connectivity index (χ3v) is 6.00. The largest absolute Gasteiger partial charge is 0.497 e. The van der Waals surface area contributed by atoms with Gasteiger partial charge in [0.05, 0.1) is 12.7 Å². The van der Waals surface area contributed by atoms with Gasteiger partial charge in [0.25, 0.3) is 12.4 Å². The van der Waals surface area contributed by atoms with Gasteiger partial charge in [0.2, 0.25) is 0 Å². The second-order valence-corrected chi connectivity index (χ2v) is 7.85. The zero-order valence-electron chi connectivity index (χ0n) is 17.5. The minimum atomic E-state index is -1.01. The number of aliphatic hydroxyl groups is 1. The van der Waals surface area contributed by atoms with E-state index in [-0.39, 0.29) is 18.4 Å². The highest BCUT2D eigenvalue weighted by molar-refractivity contribution is 5.95. The number of methoxy groups -OCH3 is 1. The van der Waals surface area contributed by atoms with Crippen LogP contribution in [0.3, 0.4) is 0 Å². The summed E-state index contributed by atoms with van der Waals surface area (Å²) in [6.07, 6.45) is 3.44. The minimum absolute atomic E-state index is 0.0520. The van der Waals surface area contributed by atoms with E-state index in [1.807, 2.05) is 30.3 Å². The van der Waals surface area contributed by atoms with Gasteiger partial charge < -0.3 is 19.5 Å². The van der Waals surface area contributed by atoms with Gasteiger partial charge in [-0.2, -0.15) is 0 Å². The fourth-order valence-corrected chi connectivity index (χ4v) is 4.34. The molecule has 0 aliphatic heterocycles. The summed E-state index contributed by atoms with van der Waals surface area (Å²) in [6, 6.07) is 14.7. The molecule has 1 saturated carbocycles. The summed E-state index contributed by atoms with van der Waals surface area (Å²) in [6.45, 7) is 0.854. The van der Waals surface area contributed by atoms with Gasteiger partial charge >= 0.3 is 0 Å². The summed E-state index contributed by atoms with van der Waals surface area (Å²) >= 11 is 0. The molecule has 3 rings (SSSR count). The first kappa shape index (κ1) is 21.8. The van der Waals surface area contributed by atoms with E-state index in [0.29, 0.717) is 36.3 Å². The van der Waals surface area contributed by atoms with Crippen molar-refractivity contribution in [3.63, 3.8) is 0 Å². The molecule has 0 unspecified atom stereocenters. The van der Waals surface area contributed by atoms with E-state index in [1.165, 1.54) is 0 Å². The Morgan fingerprint density at radius 2 is 2.03 bits per heavy atom. The molecule has 1 amide bonds. The summed E-state index contributed by atoms with van der Waals surface area (Å²) in [7, 11) is 3.36. The molecular weight excluding hydrogens is 382 g/mol. The van der Waals surface area contributed by atoms with Crippen molar-refractivity contribution in [2.24, 2.45) is 5.92 Å². The predicted octanol–water partition coefficient (Wildman–Crippen LogP) is 3.52. The summed E-state index contributed by atoms with van der Waals surface area (Å²) in [5.74, 6) is 0.461. The van der Waals surface area contributed by atoms with Gasteiger partial charge in [-0.3, -0.25) is 9.59 Å². The van der Waals surface area contributed by atoms with Crippen LogP contribution in [0.15, 0.2) is 48.5 Å². The zero-order chi connectivity index (χ0) is 21.6. The lowest BCUT2D eigenvalue weighted by atomic mass is 9.71. The van der Waals surface area contributed by atoms with Crippen LogP contribution in [-0.2, 0) is 21.7 Å². The van der Waals surface area contributed by atoms with Gasteiger partial charge in [-0.25, -0.2) is 0 Å². The Hall–Kier alpha value is -2.86. The number of hydrogen-bond acceptors (Lipinski definition) is 5. The molecule has 1 N–H and O–H groups in total. The van der Waals surface area contributed by atoms with E-state index in [0.717, 1.165) is 24.8 Å². The standard InChI is InChI=1S/C24H29NO5/c1-25(23(27)22-12-4-3-8-18(22)16-30-17-26)15-20-9-5-6-13-24(20,28)19-10-7-11-21(14-19)29-2/h3-4,7-8,10-12,14,17,20,28H,5-6,9,13,15-16H2,1-2H3/t20-,24+/m1/s1. The van der Waals surface area contributed by atoms with Gasteiger partial charge in [-0.1, -0.05) is 43.2 Å². The van der Waals surface area contributed by atoms with Crippen molar-refractivity contribution in [1.29, 1.82) is 0 Å². The Labute approximate surface area is 177 Å². The molecule has 2 atom stereocenters. The Morgan fingerprint density at radius 3 is 2.80 bits per heavy atom. The molecule has 0 saturated heterocycles. The topological polar surface area (TPSA) is 76.1 Å². The lowest BCUT2D eigenvalue weighted by Gasteiger charge is -2.42. The van der Waals surface area contributed by atoms with Crippen molar-refractivity contribution in [2.45, 2.75) is 37.9 Å². The highest BCUT2D eigenvalue weighted by Crippen LogP contribution is 2.43. The molecule has 0 heterocycles. The molecule has 1 fully saturated rings. The summed E-state index contributed by atoms with van der Waals surface area (Å²) in [4.78, 5) is 25.3. The van der Waals surface area contributed by atoms with Crippen molar-refractivity contribution in [2.75, 3.05) is 20.7 Å². The number of benzene rings is 2. The van der Waals surface area contributed by atoms with Crippen LogP contribution in [0.25, 0.3) is 0 Å². The maximum Gasteiger partial charge on any atom is 0.293 e. The van der Waals surface area contributed by atoms with Crippen LogP contribution in [0.4, 0.5) is 0 Å². The fraction of sp³-hybridized carbons (Fsp3) is 0.417.